The predicted molar refractivity (Wildman–Crippen MR) is 76.5 cm³/mol. The van der Waals surface area contributed by atoms with Crippen molar-refractivity contribution >= 4 is 23.3 Å². The van der Waals surface area contributed by atoms with Gasteiger partial charge in [0, 0.05) is 12.2 Å². The van der Waals surface area contributed by atoms with E-state index in [4.69, 9.17) is 16.3 Å². The second-order valence-electron chi connectivity index (χ2n) is 4.14. The van der Waals surface area contributed by atoms with Crippen LogP contribution in [0, 0.1) is 5.82 Å². The Morgan fingerprint density at radius 1 is 1.30 bits per heavy atom. The van der Waals surface area contributed by atoms with Gasteiger partial charge in [0.25, 0.3) is 0 Å². The molecule has 5 heteroatoms. The maximum absolute atomic E-state index is 13.1. The number of hydrogen-bond donors (Lipinski definition) is 1. The van der Waals surface area contributed by atoms with Gasteiger partial charge in [-0.05, 0) is 29.8 Å². The summed E-state index contributed by atoms with van der Waals surface area (Å²) in [6.07, 6.45) is 0. The van der Waals surface area contributed by atoms with Gasteiger partial charge in [-0.15, -0.1) is 0 Å². The van der Waals surface area contributed by atoms with Gasteiger partial charge in [0.1, 0.15) is 5.82 Å². The first kappa shape index (κ1) is 14.3. The van der Waals surface area contributed by atoms with E-state index in [9.17, 15) is 9.18 Å². The zero-order valence-electron chi connectivity index (χ0n) is 10.8. The van der Waals surface area contributed by atoms with Gasteiger partial charge in [-0.1, -0.05) is 29.8 Å². The summed E-state index contributed by atoms with van der Waals surface area (Å²) in [7, 11) is 1.33. The lowest BCUT2D eigenvalue weighted by Crippen LogP contribution is -2.08. The summed E-state index contributed by atoms with van der Waals surface area (Å²) in [6, 6.07) is 11.5. The highest BCUT2D eigenvalue weighted by Gasteiger charge is 2.10. The zero-order valence-corrected chi connectivity index (χ0v) is 11.6. The summed E-state index contributed by atoms with van der Waals surface area (Å²) in [5.74, 6) is -0.865. The topological polar surface area (TPSA) is 38.3 Å². The van der Waals surface area contributed by atoms with Crippen LogP contribution < -0.4 is 5.32 Å². The molecule has 2 aromatic rings. The Kier molecular flexibility index (Phi) is 4.58. The van der Waals surface area contributed by atoms with Gasteiger partial charge in [-0.25, -0.2) is 9.18 Å². The van der Waals surface area contributed by atoms with Gasteiger partial charge in [0.2, 0.25) is 0 Å². The first-order valence-corrected chi connectivity index (χ1v) is 6.34. The molecule has 0 radical (unpaired) electrons. The maximum atomic E-state index is 13.1. The van der Waals surface area contributed by atoms with Gasteiger partial charge < -0.3 is 10.1 Å². The Balaban J connectivity index is 2.14. The van der Waals surface area contributed by atoms with E-state index < -0.39 is 11.8 Å². The van der Waals surface area contributed by atoms with Crippen molar-refractivity contribution in [2.24, 2.45) is 0 Å². The van der Waals surface area contributed by atoms with Crippen LogP contribution in [-0.2, 0) is 11.3 Å². The molecule has 0 aromatic heterocycles. The van der Waals surface area contributed by atoms with Crippen molar-refractivity contribution < 1.29 is 13.9 Å². The number of benzene rings is 2. The Bertz CT molecular complexity index is 631. The van der Waals surface area contributed by atoms with Gasteiger partial charge in [0.05, 0.1) is 17.7 Å². The van der Waals surface area contributed by atoms with Gasteiger partial charge in [-0.3, -0.25) is 0 Å². The molecule has 2 rings (SSSR count). The highest BCUT2D eigenvalue weighted by atomic mass is 35.5. The SMILES string of the molecule is COC(=O)c1ccccc1NCc1ccc(F)c(Cl)c1. The highest BCUT2D eigenvalue weighted by molar-refractivity contribution is 6.30. The molecule has 0 saturated heterocycles. The maximum Gasteiger partial charge on any atom is 0.339 e. The molecular formula is C15H13ClFNO2. The standard InChI is InChI=1S/C15H13ClFNO2/c1-20-15(19)11-4-2-3-5-14(11)18-9-10-6-7-13(17)12(16)8-10/h2-8,18H,9H2,1H3. The van der Waals surface area contributed by atoms with Gasteiger partial charge in [0.15, 0.2) is 0 Å². The average molecular weight is 294 g/mol. The summed E-state index contributed by atoms with van der Waals surface area (Å²) >= 11 is 5.72. The summed E-state index contributed by atoms with van der Waals surface area (Å²) in [5, 5.41) is 3.18. The number of nitrogens with one attached hydrogen (secondary N) is 1. The minimum atomic E-state index is -0.453. The van der Waals surface area contributed by atoms with Gasteiger partial charge >= 0.3 is 5.97 Å². The summed E-state index contributed by atoms with van der Waals surface area (Å²) in [6.45, 7) is 0.425. The largest absolute Gasteiger partial charge is 0.465 e. The van der Waals surface area contributed by atoms with E-state index in [1.807, 2.05) is 6.07 Å². The Morgan fingerprint density at radius 3 is 2.75 bits per heavy atom. The summed E-state index contributed by atoms with van der Waals surface area (Å²) in [4.78, 5) is 11.6. The number of anilines is 1. The van der Waals surface area contributed by atoms with Crippen molar-refractivity contribution in [2.45, 2.75) is 6.54 Å². The Morgan fingerprint density at radius 2 is 2.05 bits per heavy atom. The first-order chi connectivity index (χ1) is 9.61. The number of ether oxygens (including phenoxy) is 1. The number of carbonyl (C=O) groups is 1. The van der Waals surface area contributed by atoms with Crippen LogP contribution in [0.1, 0.15) is 15.9 Å². The molecule has 104 valence electrons. The van der Waals surface area contributed by atoms with Crippen molar-refractivity contribution in [3.63, 3.8) is 0 Å². The lowest BCUT2D eigenvalue weighted by atomic mass is 10.1. The minimum Gasteiger partial charge on any atom is -0.465 e. The molecule has 0 bridgehead atoms. The van der Waals surface area contributed by atoms with Crippen LogP contribution >= 0.6 is 11.6 Å². The van der Waals surface area contributed by atoms with Crippen molar-refractivity contribution in [2.75, 3.05) is 12.4 Å². The van der Waals surface area contributed by atoms with Gasteiger partial charge in [-0.2, -0.15) is 0 Å². The lowest BCUT2D eigenvalue weighted by molar-refractivity contribution is 0.0602. The normalized spacial score (nSPS) is 10.2. The van der Waals surface area contributed by atoms with Crippen LogP contribution in [0.2, 0.25) is 5.02 Å². The van der Waals surface area contributed by atoms with Crippen LogP contribution in [0.3, 0.4) is 0 Å². The third-order valence-electron chi connectivity index (χ3n) is 2.80. The van der Waals surface area contributed by atoms with Crippen LogP contribution in [0.4, 0.5) is 10.1 Å². The van der Waals surface area contributed by atoms with E-state index in [0.717, 1.165) is 5.56 Å². The quantitative estimate of drug-likeness (QED) is 0.870. The van der Waals surface area contributed by atoms with Crippen molar-refractivity contribution in [3.05, 3.63) is 64.4 Å². The molecule has 20 heavy (non-hydrogen) atoms. The third-order valence-corrected chi connectivity index (χ3v) is 3.09. The number of esters is 1. The van der Waals surface area contributed by atoms with Crippen molar-refractivity contribution in [1.29, 1.82) is 0 Å². The number of hydrogen-bond acceptors (Lipinski definition) is 3. The summed E-state index contributed by atoms with van der Waals surface area (Å²) < 4.78 is 17.8. The zero-order chi connectivity index (χ0) is 14.5. The fourth-order valence-electron chi connectivity index (χ4n) is 1.77. The van der Waals surface area contributed by atoms with E-state index in [0.29, 0.717) is 17.8 Å². The monoisotopic (exact) mass is 293 g/mol. The number of carbonyl (C=O) groups excluding carboxylic acids is 1. The smallest absolute Gasteiger partial charge is 0.339 e. The third kappa shape index (κ3) is 3.27. The number of methoxy groups -OCH3 is 1. The molecule has 0 spiro atoms. The molecule has 0 aliphatic rings. The second-order valence-corrected chi connectivity index (χ2v) is 4.55. The van der Waals surface area contributed by atoms with Crippen molar-refractivity contribution in [1.82, 2.24) is 0 Å². The Labute approximate surface area is 121 Å². The molecular weight excluding hydrogens is 281 g/mol. The molecule has 1 N–H and O–H groups in total. The molecule has 3 nitrogen and oxygen atoms in total. The highest BCUT2D eigenvalue weighted by Crippen LogP contribution is 2.19. The molecule has 0 amide bonds. The number of para-hydroxylation sites is 1. The molecule has 0 aliphatic heterocycles. The van der Waals surface area contributed by atoms with E-state index in [1.54, 1.807) is 30.3 Å². The molecule has 2 aromatic carbocycles. The lowest BCUT2D eigenvalue weighted by Gasteiger charge is -2.11. The summed E-state index contributed by atoms with van der Waals surface area (Å²) in [5.41, 5.74) is 1.92. The van der Waals surface area contributed by atoms with Crippen LogP contribution in [0.15, 0.2) is 42.5 Å². The van der Waals surface area contributed by atoms with Crippen molar-refractivity contribution in [3.8, 4) is 0 Å². The second kappa shape index (κ2) is 6.39. The van der Waals surface area contributed by atoms with E-state index in [-0.39, 0.29) is 5.02 Å². The molecule has 0 saturated carbocycles. The fraction of sp³-hybridized carbons (Fsp3) is 0.133. The minimum absolute atomic E-state index is 0.0746. The van der Waals surface area contributed by atoms with E-state index in [1.165, 1.54) is 13.2 Å². The fourth-order valence-corrected chi connectivity index (χ4v) is 1.98. The van der Waals surface area contributed by atoms with E-state index in [2.05, 4.69) is 5.32 Å². The number of halogens is 2. The predicted octanol–water partition coefficient (Wildman–Crippen LogP) is 3.88. The molecule has 0 atom stereocenters. The van der Waals surface area contributed by atoms with Crippen LogP contribution in [0.25, 0.3) is 0 Å². The molecule has 0 heterocycles. The van der Waals surface area contributed by atoms with Crippen LogP contribution in [-0.4, -0.2) is 13.1 Å². The molecule has 0 fully saturated rings. The first-order valence-electron chi connectivity index (χ1n) is 5.97. The average Bonchev–Trinajstić information content (AvgIpc) is 2.48. The van der Waals surface area contributed by atoms with Crippen LogP contribution in [0.5, 0.6) is 0 Å². The Hall–Kier alpha value is -2.07. The molecule has 0 aliphatic carbocycles. The van der Waals surface area contributed by atoms with E-state index >= 15 is 0 Å². The number of rotatable bonds is 4. The molecule has 0 unspecified atom stereocenters.